The van der Waals surface area contributed by atoms with Gasteiger partial charge in [0.15, 0.2) is 49.3 Å². The third-order valence-corrected chi connectivity index (χ3v) is 20.2. The van der Waals surface area contributed by atoms with E-state index in [1.165, 1.54) is 23.8 Å². The molecule has 0 spiro atoms. The topological polar surface area (TPSA) is 166 Å². The Balaban J connectivity index is 0.000000118. The van der Waals surface area contributed by atoms with Crippen LogP contribution < -0.4 is 51.4 Å². The summed E-state index contributed by atoms with van der Waals surface area (Å²) >= 11 is 30.9. The van der Waals surface area contributed by atoms with Crippen LogP contribution in [0.25, 0.3) is 22.8 Å². The monoisotopic (exact) mass is 1460 g/mol. The number of hydrogen-bond donors (Lipinski definition) is 7. The highest BCUT2D eigenvalue weighted by Crippen LogP contribution is 2.49. The zero-order chi connectivity index (χ0) is 69.0. The number of carbonyl (C=O) groups excluding carboxylic acids is 3. The lowest BCUT2D eigenvalue weighted by Crippen LogP contribution is -2.44. The Hall–Kier alpha value is -9.75. The number of alkyl halides is 3. The molecule has 8 aliphatic rings. The number of halogens is 4. The molecule has 0 amide bonds. The molecule has 7 N–H and O–H groups in total. The molecule has 16 rings (SSSR count). The van der Waals surface area contributed by atoms with Crippen LogP contribution in [0.1, 0.15) is 123 Å². The van der Waals surface area contributed by atoms with Crippen molar-refractivity contribution in [1.29, 1.82) is 0 Å². The van der Waals surface area contributed by atoms with Crippen molar-refractivity contribution >= 4 is 142 Å². The van der Waals surface area contributed by atoms with E-state index < -0.39 is 17.8 Å². The summed E-state index contributed by atoms with van der Waals surface area (Å²) in [7, 11) is 6.56. The van der Waals surface area contributed by atoms with Gasteiger partial charge >= 0.3 is 6.18 Å². The van der Waals surface area contributed by atoms with Gasteiger partial charge in [0.25, 0.3) is 0 Å². The zero-order valence-electron chi connectivity index (χ0n) is 52.8. The molecule has 4 unspecified atom stereocenters. The molecule has 0 radical (unpaired) electrons. The zero-order valence-corrected chi connectivity index (χ0v) is 58.5. The molecule has 23 heteroatoms. The van der Waals surface area contributed by atoms with Crippen molar-refractivity contribution in [3.05, 3.63) is 287 Å². The van der Waals surface area contributed by atoms with Crippen LogP contribution in [0.5, 0.6) is 17.2 Å². The van der Waals surface area contributed by atoms with E-state index in [9.17, 15) is 27.6 Å². The van der Waals surface area contributed by atoms with Crippen molar-refractivity contribution in [1.82, 2.24) is 42.1 Å². The molecule has 4 atom stereocenters. The predicted octanol–water partition coefficient (Wildman–Crippen LogP) is 14.5. The first-order valence-electron chi connectivity index (χ1n) is 30.8. The number of carbonyl (C=O) groups is 3. The SMILES string of the molecule is CCc1ccccc1C1NC(=S)NC2=C1C(=O)c1ccccc12.COc1cc(C2C3=C(NC(=S)N2C)c2ccccc2C3=O)cc(OC)c1OC.O=C1C2=C(NC(=S)NC2c2ccccc2C(F)(F)F)c2ccccc21.S=C1NC2=C(C(=S)c3ccccc32)C(c2ccccc2Br)N1. The van der Waals surface area contributed by atoms with Crippen LogP contribution in [-0.2, 0) is 12.6 Å². The van der Waals surface area contributed by atoms with E-state index in [-0.39, 0.29) is 51.7 Å². The minimum Gasteiger partial charge on any atom is -0.493 e. The van der Waals surface area contributed by atoms with Gasteiger partial charge in [0.05, 0.1) is 95.4 Å². The fourth-order valence-corrected chi connectivity index (χ4v) is 15.4. The minimum atomic E-state index is -4.53. The summed E-state index contributed by atoms with van der Waals surface area (Å²) in [4.78, 5) is 41.8. The molecule has 0 aromatic heterocycles. The Morgan fingerprint density at radius 3 is 1.31 bits per heavy atom. The van der Waals surface area contributed by atoms with Crippen molar-refractivity contribution in [2.45, 2.75) is 43.7 Å². The molecular formula is C75H58BrF3N8O6S5. The van der Waals surface area contributed by atoms with E-state index in [1.54, 1.807) is 45.6 Å². The van der Waals surface area contributed by atoms with Crippen molar-refractivity contribution in [2.24, 2.45) is 0 Å². The van der Waals surface area contributed by atoms with Gasteiger partial charge in [0.1, 0.15) is 0 Å². The lowest BCUT2D eigenvalue weighted by Gasteiger charge is -2.36. The number of nitrogens with zero attached hydrogens (tertiary/aromatic N) is 1. The molecule has 0 saturated carbocycles. The first kappa shape index (κ1) is 66.8. The highest BCUT2D eigenvalue weighted by molar-refractivity contribution is 9.10. The maximum atomic E-state index is 13.4. The number of nitrogens with one attached hydrogen (secondary N) is 7. The second-order valence-corrected chi connectivity index (χ2v) is 26.2. The molecule has 0 saturated heterocycles. The number of Topliss-reactive ketones (excluding diaryl/α,β-unsaturated/α-hetero) is 3. The van der Waals surface area contributed by atoms with Crippen molar-refractivity contribution in [2.75, 3.05) is 28.4 Å². The Kier molecular flexibility index (Phi) is 18.6. The van der Waals surface area contributed by atoms with Crippen LogP contribution in [0, 0.1) is 0 Å². The van der Waals surface area contributed by atoms with Gasteiger partial charge in [0, 0.05) is 61.6 Å². The van der Waals surface area contributed by atoms with Gasteiger partial charge in [-0.2, -0.15) is 13.2 Å². The maximum absolute atomic E-state index is 13.4. The normalized spacial score (nSPS) is 18.8. The lowest BCUT2D eigenvalue weighted by atomic mass is 9.90. The number of benzene rings is 8. The van der Waals surface area contributed by atoms with Crippen molar-refractivity contribution < 1.29 is 41.8 Å². The van der Waals surface area contributed by atoms with E-state index in [2.05, 4.69) is 90.4 Å². The maximum Gasteiger partial charge on any atom is 0.416 e. The molecule has 0 bridgehead atoms. The van der Waals surface area contributed by atoms with Gasteiger partial charge in [-0.25, -0.2) is 0 Å². The van der Waals surface area contributed by atoms with Gasteiger partial charge in [-0.3, -0.25) is 14.4 Å². The summed E-state index contributed by atoms with van der Waals surface area (Å²) in [6, 6.07) is 54.1. The van der Waals surface area contributed by atoms with E-state index in [4.69, 9.17) is 75.3 Å². The standard InChI is InChI=1S/C21H20N2O4S.C19H16N2OS.C18H11F3N2OS.C17H11BrN2S2/c1-23-18(11-9-14(25-2)20(27-4)15(10-11)26-3)16-17(22-21(23)28)12-7-5-6-8-13(12)19(16)24;1-2-11-7-3-4-8-12(11)16-15-17(21-19(23)20-16)13-9-5-6-10-14(13)18(15)22;19-18(20,21)12-8-4-3-7-11(12)15-13-14(22-17(25)23-15)9-5-1-2-6-10(9)16(13)24;18-12-8-4-3-7-11(12)15-13-14(19-17(22)20-15)9-5-1-2-6-10(9)16(13)21/h5-10,18H,1-4H3,(H,22,28);3-10,16H,2H2,1H3,(H2,20,21,23);1-8,15H,(H2,22,23,25);1-8,15H,(H2,19,20,22). The van der Waals surface area contributed by atoms with Crippen LogP contribution in [0.3, 0.4) is 0 Å². The highest BCUT2D eigenvalue weighted by atomic mass is 79.9. The first-order valence-corrected chi connectivity index (χ1v) is 33.7. The Labute approximate surface area is 597 Å². The van der Waals surface area contributed by atoms with E-state index >= 15 is 0 Å². The van der Waals surface area contributed by atoms with Crippen LogP contribution >= 0.6 is 77.0 Å². The molecule has 8 aromatic carbocycles. The van der Waals surface area contributed by atoms with E-state index in [0.29, 0.717) is 60.5 Å². The smallest absolute Gasteiger partial charge is 0.416 e. The predicted molar refractivity (Wildman–Crippen MR) is 397 cm³/mol. The number of thiocarbonyl (C=S) groups is 5. The summed E-state index contributed by atoms with van der Waals surface area (Å²) in [5, 5.41) is 24.0. The molecule has 492 valence electrons. The molecule has 4 heterocycles. The van der Waals surface area contributed by atoms with E-state index in [0.717, 1.165) is 94.6 Å². The number of methoxy groups -OCH3 is 3. The van der Waals surface area contributed by atoms with Gasteiger partial charge in [-0.15, -0.1) is 0 Å². The third kappa shape index (κ3) is 11.9. The van der Waals surface area contributed by atoms with Gasteiger partial charge in [-0.1, -0.05) is 193 Å². The first-order chi connectivity index (χ1) is 47.3. The summed E-state index contributed by atoms with van der Waals surface area (Å²) in [6.07, 6.45) is -3.61. The van der Waals surface area contributed by atoms with Gasteiger partial charge < -0.3 is 56.3 Å². The molecule has 98 heavy (non-hydrogen) atoms. The van der Waals surface area contributed by atoms with Crippen molar-refractivity contribution in [3.63, 3.8) is 0 Å². The lowest BCUT2D eigenvalue weighted by molar-refractivity contribution is -0.138. The van der Waals surface area contributed by atoms with E-state index in [1.807, 2.05) is 115 Å². The second kappa shape index (κ2) is 27.3. The molecule has 0 fully saturated rings. The number of aryl methyl sites for hydroxylation is 1. The number of ketones is 3. The number of fused-ring (bicyclic) bond motifs is 8. The van der Waals surface area contributed by atoms with Crippen LogP contribution in [0.15, 0.2) is 209 Å². The number of hydrogen-bond acceptors (Lipinski definition) is 11. The fraction of sp³-hybridized carbons (Fsp3) is 0.147. The summed E-state index contributed by atoms with van der Waals surface area (Å²) in [5.41, 5.74) is 16.0. The summed E-state index contributed by atoms with van der Waals surface area (Å²) in [5.74, 6) is 1.33. The molecule has 4 aliphatic heterocycles. The molecule has 14 nitrogen and oxygen atoms in total. The van der Waals surface area contributed by atoms with Crippen LogP contribution in [-0.4, -0.2) is 75.9 Å². The molecular weight excluding hydrogens is 1410 g/mol. The third-order valence-electron chi connectivity index (χ3n) is 18.0. The Morgan fingerprint density at radius 1 is 0.459 bits per heavy atom. The largest absolute Gasteiger partial charge is 0.493 e. The summed E-state index contributed by atoms with van der Waals surface area (Å²) < 4.78 is 57.8. The number of rotatable bonds is 8. The number of likely N-dealkylation sites (N-methyl/N-ethyl adjacent to an activating group) is 1. The molecule has 8 aromatic rings. The fourth-order valence-electron chi connectivity index (χ4n) is 13.6. The average molecular weight is 1460 g/mol. The Bertz CT molecular complexity index is 4910. The number of ether oxygens (including phenoxy) is 3. The quantitative estimate of drug-likeness (QED) is 0.0718. The van der Waals surface area contributed by atoms with Gasteiger partial charge in [-0.05, 0) is 107 Å². The minimum absolute atomic E-state index is 0.00815. The van der Waals surface area contributed by atoms with Gasteiger partial charge in [0.2, 0.25) is 5.75 Å². The Morgan fingerprint density at radius 2 is 0.837 bits per heavy atom. The highest BCUT2D eigenvalue weighted by Gasteiger charge is 2.45. The molecule has 4 aliphatic carbocycles. The van der Waals surface area contributed by atoms with Crippen LogP contribution in [0.4, 0.5) is 13.2 Å². The van der Waals surface area contributed by atoms with Crippen molar-refractivity contribution in [3.8, 4) is 17.2 Å². The van der Waals surface area contributed by atoms with Crippen LogP contribution in [0.2, 0.25) is 0 Å². The second-order valence-electron chi connectivity index (χ2n) is 23.3. The average Bonchev–Trinajstić information content (AvgIpc) is 1.62. The summed E-state index contributed by atoms with van der Waals surface area (Å²) in [6.45, 7) is 2.12.